The summed E-state index contributed by atoms with van der Waals surface area (Å²) in [4.78, 5) is 40.2. The predicted octanol–water partition coefficient (Wildman–Crippen LogP) is 0.984. The van der Waals surface area contributed by atoms with E-state index in [-0.39, 0.29) is 24.8 Å². The third-order valence-electron chi connectivity index (χ3n) is 2.42. The Labute approximate surface area is 107 Å². The Morgan fingerprint density at radius 3 is 2.33 bits per heavy atom. The number of rotatable bonds is 8. The molecule has 0 aliphatic rings. The number of Topliss-reactive ketones (excluding diaryl/α,β-unsaturated/α-hetero) is 1. The number of carbonyl (C=O) groups is 2. The third kappa shape index (κ3) is 7.37. The molecule has 0 rings (SSSR count). The van der Waals surface area contributed by atoms with Crippen molar-refractivity contribution in [2.24, 2.45) is 0 Å². The van der Waals surface area contributed by atoms with Gasteiger partial charge in [-0.15, -0.1) is 0 Å². The Morgan fingerprint density at radius 2 is 1.89 bits per heavy atom. The molecule has 0 aromatic carbocycles. The summed E-state index contributed by atoms with van der Waals surface area (Å²) in [6.07, 6.45) is 1.70. The molecular formula is C11H20NO5P. The van der Waals surface area contributed by atoms with Gasteiger partial charge in [0.15, 0.2) is 5.78 Å². The van der Waals surface area contributed by atoms with Gasteiger partial charge < -0.3 is 15.1 Å². The number of nitrogens with one attached hydrogen (secondary N) is 1. The fourth-order valence-corrected chi connectivity index (χ4v) is 1.98. The highest BCUT2D eigenvalue weighted by atomic mass is 31.2. The van der Waals surface area contributed by atoms with Crippen molar-refractivity contribution < 1.29 is 23.9 Å². The molecule has 0 aliphatic heterocycles. The van der Waals surface area contributed by atoms with E-state index in [2.05, 4.69) is 11.9 Å². The summed E-state index contributed by atoms with van der Waals surface area (Å²) in [5, 5.41) is 2.50. The molecule has 7 heteroatoms. The molecule has 0 saturated carbocycles. The summed E-state index contributed by atoms with van der Waals surface area (Å²) in [5.74, 6) is -0.605. The molecule has 0 aromatic heterocycles. The van der Waals surface area contributed by atoms with Crippen molar-refractivity contribution in [2.45, 2.75) is 38.6 Å². The molecule has 104 valence electrons. The molecule has 0 aliphatic carbocycles. The molecule has 0 unspecified atom stereocenters. The molecule has 0 radical (unpaired) electrons. The maximum absolute atomic E-state index is 11.8. The monoisotopic (exact) mass is 277 g/mol. The summed E-state index contributed by atoms with van der Waals surface area (Å²) in [6, 6.07) is 0. The Morgan fingerprint density at radius 1 is 1.33 bits per heavy atom. The van der Waals surface area contributed by atoms with Crippen LogP contribution in [0.5, 0.6) is 0 Å². The van der Waals surface area contributed by atoms with Gasteiger partial charge in [-0.25, -0.2) is 0 Å². The predicted molar refractivity (Wildman–Crippen MR) is 68.2 cm³/mol. The molecule has 0 bridgehead atoms. The lowest BCUT2D eigenvalue weighted by molar-refractivity contribution is -0.129. The summed E-state index contributed by atoms with van der Waals surface area (Å²) >= 11 is 0. The number of ketones is 1. The van der Waals surface area contributed by atoms with Crippen LogP contribution in [0.25, 0.3) is 0 Å². The minimum atomic E-state index is -3.99. The van der Waals surface area contributed by atoms with E-state index in [4.69, 9.17) is 9.79 Å². The van der Waals surface area contributed by atoms with Gasteiger partial charge in [0, 0.05) is 12.6 Å². The molecule has 0 fully saturated rings. The van der Waals surface area contributed by atoms with Gasteiger partial charge in [0.1, 0.15) is 0 Å². The number of hydrogen-bond acceptors (Lipinski definition) is 3. The molecule has 6 nitrogen and oxygen atoms in total. The second kappa shape index (κ2) is 6.83. The zero-order valence-electron chi connectivity index (χ0n) is 10.7. The molecule has 18 heavy (non-hydrogen) atoms. The lowest BCUT2D eigenvalue weighted by atomic mass is 9.95. The van der Waals surface area contributed by atoms with Crippen LogP contribution in [0.1, 0.15) is 33.1 Å². The molecule has 3 N–H and O–H groups in total. The van der Waals surface area contributed by atoms with Crippen LogP contribution in [-0.4, -0.2) is 33.2 Å². The fraction of sp³-hybridized carbons (Fsp3) is 0.636. The molecule has 0 atom stereocenters. The van der Waals surface area contributed by atoms with Crippen LogP contribution in [0.3, 0.4) is 0 Å². The average molecular weight is 277 g/mol. The minimum Gasteiger partial charge on any atom is -0.341 e. The summed E-state index contributed by atoms with van der Waals surface area (Å²) in [6.45, 7) is 6.46. The Hall–Kier alpha value is -0.970. The molecule has 0 saturated heterocycles. The van der Waals surface area contributed by atoms with Crippen molar-refractivity contribution in [1.82, 2.24) is 5.32 Å². The molecule has 0 spiro atoms. The highest BCUT2D eigenvalue weighted by Gasteiger charge is 2.27. The Bertz CT molecular complexity index is 372. The van der Waals surface area contributed by atoms with E-state index >= 15 is 0 Å². The van der Waals surface area contributed by atoms with E-state index in [1.54, 1.807) is 13.8 Å². The summed E-state index contributed by atoms with van der Waals surface area (Å²) in [5.41, 5.74) is -0.993. The van der Waals surface area contributed by atoms with Crippen molar-refractivity contribution in [3.8, 4) is 0 Å². The second-order valence-corrected chi connectivity index (χ2v) is 6.36. The van der Waals surface area contributed by atoms with E-state index in [9.17, 15) is 14.2 Å². The molecule has 0 heterocycles. The maximum Gasteiger partial charge on any atom is 0.325 e. The topological polar surface area (TPSA) is 104 Å². The minimum absolute atomic E-state index is 0.171. The largest absolute Gasteiger partial charge is 0.341 e. The standard InChI is InChI=1S/C11H20NO5P/c1-4-10(14)12-11(2,3)9(13)7-5-6-8-18(15,16)17/h4H,1,5-8H2,2-3H3,(H,12,14)(H2,15,16,17). The summed E-state index contributed by atoms with van der Waals surface area (Å²) in [7, 11) is -3.99. The van der Waals surface area contributed by atoms with Crippen LogP contribution in [0, 0.1) is 0 Å². The molecule has 1 amide bonds. The number of unbranched alkanes of at least 4 members (excludes halogenated alkanes) is 1. The zero-order valence-corrected chi connectivity index (χ0v) is 11.6. The first-order chi connectivity index (χ1) is 8.08. The van der Waals surface area contributed by atoms with Crippen LogP contribution in [0.15, 0.2) is 12.7 Å². The van der Waals surface area contributed by atoms with E-state index in [0.29, 0.717) is 6.42 Å². The van der Waals surface area contributed by atoms with Crippen LogP contribution >= 0.6 is 7.60 Å². The van der Waals surface area contributed by atoms with Gasteiger partial charge in [0.25, 0.3) is 0 Å². The third-order valence-corrected chi connectivity index (χ3v) is 3.32. The van der Waals surface area contributed by atoms with Crippen molar-refractivity contribution in [3.05, 3.63) is 12.7 Å². The van der Waals surface area contributed by atoms with Crippen LogP contribution < -0.4 is 5.32 Å². The van der Waals surface area contributed by atoms with Crippen molar-refractivity contribution in [2.75, 3.05) is 6.16 Å². The fourth-order valence-electron chi connectivity index (χ4n) is 1.34. The Balaban J connectivity index is 4.12. The number of amides is 1. The quantitative estimate of drug-likeness (QED) is 0.348. The second-order valence-electron chi connectivity index (χ2n) is 4.59. The van der Waals surface area contributed by atoms with Gasteiger partial charge in [-0.3, -0.25) is 14.2 Å². The summed E-state index contributed by atoms with van der Waals surface area (Å²) < 4.78 is 10.6. The van der Waals surface area contributed by atoms with Gasteiger partial charge in [-0.2, -0.15) is 0 Å². The van der Waals surface area contributed by atoms with Crippen LogP contribution in [0.2, 0.25) is 0 Å². The highest BCUT2D eigenvalue weighted by molar-refractivity contribution is 7.51. The van der Waals surface area contributed by atoms with Gasteiger partial charge in [-0.1, -0.05) is 6.58 Å². The van der Waals surface area contributed by atoms with E-state index in [1.165, 1.54) is 0 Å². The Kier molecular flexibility index (Phi) is 6.46. The SMILES string of the molecule is C=CC(=O)NC(C)(C)C(=O)CCCCP(=O)(O)O. The normalized spacial score (nSPS) is 12.0. The lowest BCUT2D eigenvalue weighted by Gasteiger charge is -2.24. The first-order valence-corrected chi connectivity index (χ1v) is 7.41. The van der Waals surface area contributed by atoms with E-state index < -0.39 is 19.0 Å². The van der Waals surface area contributed by atoms with Gasteiger partial charge in [0.2, 0.25) is 5.91 Å². The smallest absolute Gasteiger partial charge is 0.325 e. The van der Waals surface area contributed by atoms with Gasteiger partial charge in [0.05, 0.1) is 5.54 Å². The first kappa shape index (κ1) is 17.0. The highest BCUT2D eigenvalue weighted by Crippen LogP contribution is 2.35. The first-order valence-electron chi connectivity index (χ1n) is 5.61. The van der Waals surface area contributed by atoms with Gasteiger partial charge >= 0.3 is 7.60 Å². The van der Waals surface area contributed by atoms with Crippen LogP contribution in [0.4, 0.5) is 0 Å². The van der Waals surface area contributed by atoms with E-state index in [0.717, 1.165) is 6.08 Å². The van der Waals surface area contributed by atoms with Gasteiger partial charge in [-0.05, 0) is 32.8 Å². The molecule has 0 aromatic rings. The zero-order chi connectivity index (χ0) is 14.4. The van der Waals surface area contributed by atoms with Crippen LogP contribution in [-0.2, 0) is 14.2 Å². The van der Waals surface area contributed by atoms with Crippen molar-refractivity contribution in [1.29, 1.82) is 0 Å². The van der Waals surface area contributed by atoms with E-state index in [1.807, 2.05) is 0 Å². The number of carbonyl (C=O) groups excluding carboxylic acids is 2. The maximum atomic E-state index is 11.8. The molecular weight excluding hydrogens is 257 g/mol. The average Bonchev–Trinajstić information content (AvgIpc) is 2.21. The van der Waals surface area contributed by atoms with Crippen molar-refractivity contribution >= 4 is 19.3 Å². The number of hydrogen-bond donors (Lipinski definition) is 3. The lowest BCUT2D eigenvalue weighted by Crippen LogP contribution is -2.49. The van der Waals surface area contributed by atoms with Crippen molar-refractivity contribution in [3.63, 3.8) is 0 Å².